The normalized spacial score (nSPS) is 13.3. The second-order valence-electron chi connectivity index (χ2n) is 1.81. The lowest BCUT2D eigenvalue weighted by Crippen LogP contribution is -1.90. The zero-order valence-corrected chi connectivity index (χ0v) is 6.42. The maximum atomic E-state index is 11.8. The van der Waals surface area contributed by atoms with Gasteiger partial charge >= 0.3 is 0 Å². The van der Waals surface area contributed by atoms with Gasteiger partial charge in [-0.2, -0.15) is 0 Å². The van der Waals surface area contributed by atoms with E-state index in [2.05, 4.69) is 16.7 Å². The van der Waals surface area contributed by atoms with E-state index in [-0.39, 0.29) is 5.76 Å². The molecule has 0 spiro atoms. The van der Waals surface area contributed by atoms with Crippen molar-refractivity contribution in [2.75, 3.05) is 6.67 Å². The summed E-state index contributed by atoms with van der Waals surface area (Å²) in [6.07, 6.45) is 1.65. The first kappa shape index (κ1) is 9.81. The maximum Gasteiger partial charge on any atom is 0.148 e. The molecule has 1 N–H and O–H groups in total. The van der Waals surface area contributed by atoms with Crippen molar-refractivity contribution in [1.29, 1.82) is 0 Å². The molecule has 0 radical (unpaired) electrons. The molecule has 0 unspecified atom stereocenters. The van der Waals surface area contributed by atoms with Crippen LogP contribution < -0.4 is 0 Å². The summed E-state index contributed by atoms with van der Waals surface area (Å²) in [7, 11) is 0. The molecule has 0 saturated carbocycles. The molecule has 0 aliphatic heterocycles. The number of halogens is 1. The molecule has 0 saturated heterocycles. The second-order valence-corrected chi connectivity index (χ2v) is 1.81. The summed E-state index contributed by atoms with van der Waals surface area (Å²) >= 11 is 0. The molecule has 0 aromatic heterocycles. The van der Waals surface area contributed by atoms with E-state index in [1.807, 2.05) is 0 Å². The smallest absolute Gasteiger partial charge is 0.148 e. The molecule has 0 heterocycles. The Morgan fingerprint density at radius 2 is 2.36 bits per heavy atom. The Morgan fingerprint density at radius 1 is 1.73 bits per heavy atom. The van der Waals surface area contributed by atoms with Crippen LogP contribution in [0.2, 0.25) is 0 Å². The molecule has 62 valence electrons. The highest BCUT2D eigenvalue weighted by atomic mass is 19.1. The molecule has 3 nitrogen and oxygen atoms in total. The SMILES string of the molecule is C=NC=N/C(CC)=C(/O)CF. The van der Waals surface area contributed by atoms with Crippen molar-refractivity contribution >= 4 is 13.1 Å². The largest absolute Gasteiger partial charge is 0.508 e. The van der Waals surface area contributed by atoms with Crippen LogP contribution in [-0.4, -0.2) is 24.8 Å². The quantitative estimate of drug-likeness (QED) is 0.379. The lowest BCUT2D eigenvalue weighted by molar-refractivity contribution is 0.336. The van der Waals surface area contributed by atoms with E-state index in [1.54, 1.807) is 6.92 Å². The summed E-state index contributed by atoms with van der Waals surface area (Å²) in [6.45, 7) is 4.03. The summed E-state index contributed by atoms with van der Waals surface area (Å²) in [5.41, 5.74) is 0.305. The molecule has 0 aromatic rings. The lowest BCUT2D eigenvalue weighted by Gasteiger charge is -1.97. The third kappa shape index (κ3) is 3.50. The van der Waals surface area contributed by atoms with Crippen LogP contribution >= 0.6 is 0 Å². The first-order valence-electron chi connectivity index (χ1n) is 3.21. The Hall–Kier alpha value is -1.19. The van der Waals surface area contributed by atoms with Crippen LogP contribution in [0.4, 0.5) is 4.39 Å². The van der Waals surface area contributed by atoms with Crippen LogP contribution in [0.15, 0.2) is 21.4 Å². The summed E-state index contributed by atoms with van der Waals surface area (Å²) < 4.78 is 11.8. The average Bonchev–Trinajstić information content (AvgIpc) is 2.05. The minimum Gasteiger partial charge on any atom is -0.508 e. The molecule has 0 aromatic carbocycles. The van der Waals surface area contributed by atoms with Gasteiger partial charge in [0.15, 0.2) is 0 Å². The van der Waals surface area contributed by atoms with Crippen molar-refractivity contribution in [3.8, 4) is 0 Å². The number of aliphatic hydroxyl groups is 1. The predicted octanol–water partition coefficient (Wildman–Crippen LogP) is 1.86. The van der Waals surface area contributed by atoms with E-state index in [9.17, 15) is 4.39 Å². The first-order valence-corrected chi connectivity index (χ1v) is 3.21. The molecule has 4 heteroatoms. The van der Waals surface area contributed by atoms with Gasteiger partial charge in [0.1, 0.15) is 18.8 Å². The third-order valence-corrected chi connectivity index (χ3v) is 1.09. The zero-order valence-electron chi connectivity index (χ0n) is 6.42. The van der Waals surface area contributed by atoms with E-state index >= 15 is 0 Å². The molecule has 0 amide bonds. The van der Waals surface area contributed by atoms with E-state index in [1.165, 1.54) is 6.34 Å². The van der Waals surface area contributed by atoms with Crippen molar-refractivity contribution in [2.24, 2.45) is 9.98 Å². The fraction of sp³-hybridized carbons (Fsp3) is 0.429. The Bertz CT molecular complexity index is 187. The topological polar surface area (TPSA) is 45.0 Å². The predicted molar refractivity (Wildman–Crippen MR) is 44.0 cm³/mol. The number of hydrogen-bond donors (Lipinski definition) is 1. The molecule has 0 aliphatic rings. The highest BCUT2D eigenvalue weighted by Gasteiger charge is 1.99. The first-order chi connectivity index (χ1) is 5.26. The van der Waals surface area contributed by atoms with Gasteiger partial charge in [-0.25, -0.2) is 9.38 Å². The molecular weight excluding hydrogens is 147 g/mol. The average molecular weight is 158 g/mol. The van der Waals surface area contributed by atoms with Gasteiger partial charge in [-0.1, -0.05) is 6.92 Å². The highest BCUT2D eigenvalue weighted by Crippen LogP contribution is 2.07. The second kappa shape index (κ2) is 5.58. The van der Waals surface area contributed by atoms with Crippen molar-refractivity contribution in [2.45, 2.75) is 13.3 Å². The Balaban J connectivity index is 4.37. The standard InChI is InChI=1S/C7H11FN2O/c1-3-6(7(11)4-8)10-5-9-2/h5,11H,2-4H2,1H3/b7-6+,10-5?. The number of aliphatic hydroxyl groups excluding tert-OH is 1. The minimum atomic E-state index is -0.891. The monoisotopic (exact) mass is 158 g/mol. The summed E-state index contributed by atoms with van der Waals surface area (Å²) in [4.78, 5) is 7.00. The number of allylic oxidation sites excluding steroid dienone is 2. The number of alkyl halides is 1. The van der Waals surface area contributed by atoms with Crippen LogP contribution in [0, 0.1) is 0 Å². The summed E-state index contributed by atoms with van der Waals surface area (Å²) in [5.74, 6) is -0.340. The van der Waals surface area contributed by atoms with Crippen LogP contribution in [0.1, 0.15) is 13.3 Å². The van der Waals surface area contributed by atoms with Gasteiger partial charge in [0, 0.05) is 0 Å². The van der Waals surface area contributed by atoms with E-state index < -0.39 is 6.67 Å². The summed E-state index contributed by atoms with van der Waals surface area (Å²) in [5, 5.41) is 8.87. The molecule has 0 fully saturated rings. The van der Waals surface area contributed by atoms with Crippen LogP contribution in [-0.2, 0) is 0 Å². The van der Waals surface area contributed by atoms with Crippen LogP contribution in [0.5, 0.6) is 0 Å². The molecular formula is C7H11FN2O. The van der Waals surface area contributed by atoms with Crippen molar-refractivity contribution < 1.29 is 9.50 Å². The van der Waals surface area contributed by atoms with E-state index in [4.69, 9.17) is 5.11 Å². The molecule has 0 aliphatic carbocycles. The Kier molecular flexibility index (Phi) is 4.98. The molecule has 0 atom stereocenters. The van der Waals surface area contributed by atoms with Crippen molar-refractivity contribution in [1.82, 2.24) is 0 Å². The van der Waals surface area contributed by atoms with Crippen molar-refractivity contribution in [3.63, 3.8) is 0 Å². The van der Waals surface area contributed by atoms with Crippen LogP contribution in [0.25, 0.3) is 0 Å². The molecule has 0 bridgehead atoms. The van der Waals surface area contributed by atoms with Gasteiger partial charge in [-0.15, -0.1) is 0 Å². The molecule has 11 heavy (non-hydrogen) atoms. The Morgan fingerprint density at radius 3 is 2.73 bits per heavy atom. The minimum absolute atomic E-state index is 0.305. The summed E-state index contributed by atoms with van der Waals surface area (Å²) in [6, 6.07) is 0. The van der Waals surface area contributed by atoms with Gasteiger partial charge in [0.25, 0.3) is 0 Å². The highest BCUT2D eigenvalue weighted by molar-refractivity contribution is 5.63. The van der Waals surface area contributed by atoms with E-state index in [0.717, 1.165) is 0 Å². The zero-order chi connectivity index (χ0) is 8.69. The van der Waals surface area contributed by atoms with Gasteiger partial charge < -0.3 is 5.11 Å². The maximum absolute atomic E-state index is 11.8. The fourth-order valence-corrected chi connectivity index (χ4v) is 0.557. The van der Waals surface area contributed by atoms with Crippen molar-refractivity contribution in [3.05, 3.63) is 11.5 Å². The van der Waals surface area contributed by atoms with Gasteiger partial charge in [0.2, 0.25) is 0 Å². The van der Waals surface area contributed by atoms with Crippen LogP contribution in [0.3, 0.4) is 0 Å². The van der Waals surface area contributed by atoms with E-state index in [0.29, 0.717) is 12.1 Å². The van der Waals surface area contributed by atoms with Gasteiger partial charge in [-0.05, 0) is 13.1 Å². The number of hydrogen-bond acceptors (Lipinski definition) is 2. The Labute approximate surface area is 65.0 Å². The lowest BCUT2D eigenvalue weighted by atomic mass is 10.3. The number of rotatable bonds is 4. The third-order valence-electron chi connectivity index (χ3n) is 1.09. The molecule has 0 rings (SSSR count). The number of aliphatic imine (C=N–C) groups is 2. The van der Waals surface area contributed by atoms with Gasteiger partial charge in [-0.3, -0.25) is 4.99 Å². The fourth-order valence-electron chi connectivity index (χ4n) is 0.557. The number of nitrogens with zero attached hydrogens (tertiary/aromatic N) is 2. The van der Waals surface area contributed by atoms with Gasteiger partial charge in [0.05, 0.1) is 5.70 Å².